The van der Waals surface area contributed by atoms with Crippen LogP contribution in [0.4, 0.5) is 15.8 Å². The van der Waals surface area contributed by atoms with E-state index in [0.29, 0.717) is 0 Å². The van der Waals surface area contributed by atoms with E-state index in [1.165, 1.54) is 12.1 Å². The van der Waals surface area contributed by atoms with Gasteiger partial charge in [0, 0.05) is 28.8 Å². The molecule has 0 aliphatic rings. The average Bonchev–Trinajstić information content (AvgIpc) is 2.46. The zero-order valence-corrected chi connectivity index (χ0v) is 11.6. The maximum Gasteiger partial charge on any atom is 0.305 e. The van der Waals surface area contributed by atoms with E-state index >= 15 is 0 Å². The van der Waals surface area contributed by atoms with Gasteiger partial charge in [0.1, 0.15) is 0 Å². The van der Waals surface area contributed by atoms with Crippen LogP contribution in [0.15, 0.2) is 47.4 Å². The third-order valence-corrected chi connectivity index (χ3v) is 3.57. The van der Waals surface area contributed by atoms with Crippen molar-refractivity contribution in [1.29, 1.82) is 0 Å². The van der Waals surface area contributed by atoms with E-state index < -0.39 is 16.4 Å². The van der Waals surface area contributed by atoms with E-state index in [-0.39, 0.29) is 12.1 Å². The van der Waals surface area contributed by atoms with Crippen molar-refractivity contribution in [2.45, 2.75) is 11.4 Å². The summed E-state index contributed by atoms with van der Waals surface area (Å²) < 4.78 is 13.9. The number of benzene rings is 2. The summed E-state index contributed by atoms with van der Waals surface area (Å²) in [6.45, 7) is 0.201. The molecular weight excluding hydrogens is 279 g/mol. The molecule has 0 aromatic heterocycles. The Kier molecular flexibility index (Phi) is 4.57. The Morgan fingerprint density at radius 2 is 1.95 bits per heavy atom. The molecule has 6 heteroatoms. The van der Waals surface area contributed by atoms with Crippen LogP contribution >= 0.6 is 11.8 Å². The molecule has 2 aromatic rings. The van der Waals surface area contributed by atoms with Crippen LogP contribution in [0.25, 0.3) is 0 Å². The second-order valence-corrected chi connectivity index (χ2v) is 4.97. The lowest BCUT2D eigenvalue weighted by atomic mass is 10.2. The van der Waals surface area contributed by atoms with Gasteiger partial charge in [-0.1, -0.05) is 12.1 Å². The summed E-state index contributed by atoms with van der Waals surface area (Å²) in [6.07, 6.45) is 1.99. The third kappa shape index (κ3) is 3.27. The Morgan fingerprint density at radius 3 is 2.55 bits per heavy atom. The molecule has 0 atom stereocenters. The fraction of sp³-hybridized carbons (Fsp3) is 0.143. The predicted molar refractivity (Wildman–Crippen MR) is 78.6 cm³/mol. The lowest BCUT2D eigenvalue weighted by Crippen LogP contribution is -2.04. The van der Waals surface area contributed by atoms with Crippen LogP contribution in [0.5, 0.6) is 0 Å². The summed E-state index contributed by atoms with van der Waals surface area (Å²) in [6, 6.07) is 11.9. The average molecular weight is 292 g/mol. The highest BCUT2D eigenvalue weighted by Crippen LogP contribution is 2.22. The van der Waals surface area contributed by atoms with E-state index in [4.69, 9.17) is 0 Å². The Balaban J connectivity index is 2.10. The normalized spacial score (nSPS) is 10.3. The zero-order chi connectivity index (χ0) is 14.5. The van der Waals surface area contributed by atoms with Crippen LogP contribution < -0.4 is 5.32 Å². The molecule has 0 spiro atoms. The standard InChI is InChI=1S/C14H13FN2O2S/c1-20-12-7-5-11(6-8-12)16-9-10-3-2-4-13(14(10)15)17(18)19/h2-8,16H,9H2,1H3. The molecule has 2 aromatic carbocycles. The first kappa shape index (κ1) is 14.3. The highest BCUT2D eigenvalue weighted by atomic mass is 32.2. The summed E-state index contributed by atoms with van der Waals surface area (Å²) in [5.74, 6) is -0.786. The molecule has 0 saturated heterocycles. The van der Waals surface area contributed by atoms with Gasteiger partial charge in [-0.25, -0.2) is 0 Å². The molecule has 0 bridgehead atoms. The topological polar surface area (TPSA) is 55.2 Å². The van der Waals surface area contributed by atoms with Gasteiger partial charge in [-0.2, -0.15) is 4.39 Å². The largest absolute Gasteiger partial charge is 0.381 e. The van der Waals surface area contributed by atoms with E-state index in [1.807, 2.05) is 30.5 Å². The van der Waals surface area contributed by atoms with Gasteiger partial charge in [-0.05, 0) is 30.5 Å². The van der Waals surface area contributed by atoms with Crippen LogP contribution in [0.3, 0.4) is 0 Å². The fourth-order valence-electron chi connectivity index (χ4n) is 1.75. The number of thioether (sulfide) groups is 1. The molecule has 0 radical (unpaired) electrons. The molecule has 20 heavy (non-hydrogen) atoms. The van der Waals surface area contributed by atoms with E-state index in [0.717, 1.165) is 16.6 Å². The number of rotatable bonds is 5. The first-order chi connectivity index (χ1) is 9.61. The van der Waals surface area contributed by atoms with Gasteiger partial charge < -0.3 is 5.32 Å². The van der Waals surface area contributed by atoms with Gasteiger partial charge in [0.05, 0.1) is 4.92 Å². The van der Waals surface area contributed by atoms with Crippen molar-refractivity contribution in [3.05, 3.63) is 64.0 Å². The van der Waals surface area contributed by atoms with Crippen molar-refractivity contribution in [2.75, 3.05) is 11.6 Å². The second kappa shape index (κ2) is 6.38. The van der Waals surface area contributed by atoms with Gasteiger partial charge in [0.2, 0.25) is 5.82 Å². The summed E-state index contributed by atoms with van der Waals surface area (Å²) >= 11 is 1.64. The maximum absolute atomic E-state index is 13.9. The molecule has 2 rings (SSSR count). The summed E-state index contributed by atoms with van der Waals surface area (Å²) in [5.41, 5.74) is 0.615. The number of hydrogen-bond acceptors (Lipinski definition) is 4. The Morgan fingerprint density at radius 1 is 1.25 bits per heavy atom. The molecule has 0 saturated carbocycles. The number of halogens is 1. The van der Waals surface area contributed by atoms with Crippen LogP contribution in [0.2, 0.25) is 0 Å². The molecule has 0 amide bonds. The first-order valence-electron chi connectivity index (χ1n) is 5.91. The van der Waals surface area contributed by atoms with Crippen LogP contribution in [-0.4, -0.2) is 11.2 Å². The molecule has 104 valence electrons. The van der Waals surface area contributed by atoms with E-state index in [1.54, 1.807) is 11.8 Å². The number of hydrogen-bond donors (Lipinski definition) is 1. The summed E-state index contributed by atoms with van der Waals surface area (Å²) in [5, 5.41) is 13.7. The van der Waals surface area contributed by atoms with Crippen molar-refractivity contribution in [3.8, 4) is 0 Å². The van der Waals surface area contributed by atoms with Crippen molar-refractivity contribution in [1.82, 2.24) is 0 Å². The second-order valence-electron chi connectivity index (χ2n) is 4.09. The number of nitrogens with one attached hydrogen (secondary N) is 1. The molecule has 4 nitrogen and oxygen atoms in total. The molecule has 0 aliphatic heterocycles. The highest BCUT2D eigenvalue weighted by molar-refractivity contribution is 7.98. The Labute approximate surface area is 120 Å². The minimum atomic E-state index is -0.786. The minimum absolute atomic E-state index is 0.201. The van der Waals surface area contributed by atoms with Crippen molar-refractivity contribution in [2.24, 2.45) is 0 Å². The molecule has 0 heterocycles. The van der Waals surface area contributed by atoms with Gasteiger partial charge in [0.25, 0.3) is 0 Å². The Bertz CT molecular complexity index is 617. The minimum Gasteiger partial charge on any atom is -0.381 e. The smallest absolute Gasteiger partial charge is 0.305 e. The predicted octanol–water partition coefficient (Wildman–Crippen LogP) is 4.07. The van der Waals surface area contributed by atoms with Crippen LogP contribution in [0.1, 0.15) is 5.56 Å². The number of anilines is 1. The fourth-order valence-corrected chi connectivity index (χ4v) is 2.16. The summed E-state index contributed by atoms with van der Waals surface area (Å²) in [7, 11) is 0. The van der Waals surface area contributed by atoms with Crippen LogP contribution in [-0.2, 0) is 6.54 Å². The number of nitro benzene ring substituents is 1. The van der Waals surface area contributed by atoms with E-state index in [2.05, 4.69) is 5.32 Å². The zero-order valence-electron chi connectivity index (χ0n) is 10.8. The van der Waals surface area contributed by atoms with Gasteiger partial charge in [-0.3, -0.25) is 10.1 Å². The SMILES string of the molecule is CSc1ccc(NCc2cccc([N+](=O)[O-])c2F)cc1. The molecule has 0 aliphatic carbocycles. The highest BCUT2D eigenvalue weighted by Gasteiger charge is 2.16. The molecule has 1 N–H and O–H groups in total. The van der Waals surface area contributed by atoms with Gasteiger partial charge in [-0.15, -0.1) is 11.8 Å². The quantitative estimate of drug-likeness (QED) is 0.513. The molecular formula is C14H13FN2O2S. The molecule has 0 fully saturated rings. The third-order valence-electron chi connectivity index (χ3n) is 2.83. The lowest BCUT2D eigenvalue weighted by Gasteiger charge is -2.08. The van der Waals surface area contributed by atoms with Crippen molar-refractivity contribution >= 4 is 23.1 Å². The Hall–Kier alpha value is -2.08. The first-order valence-corrected chi connectivity index (χ1v) is 7.14. The van der Waals surface area contributed by atoms with E-state index in [9.17, 15) is 14.5 Å². The van der Waals surface area contributed by atoms with Crippen molar-refractivity contribution < 1.29 is 9.31 Å². The maximum atomic E-state index is 13.9. The lowest BCUT2D eigenvalue weighted by molar-refractivity contribution is -0.387. The van der Waals surface area contributed by atoms with Crippen LogP contribution in [0, 0.1) is 15.9 Å². The number of nitro groups is 1. The monoisotopic (exact) mass is 292 g/mol. The molecule has 0 unspecified atom stereocenters. The van der Waals surface area contributed by atoms with Gasteiger partial charge in [0.15, 0.2) is 0 Å². The van der Waals surface area contributed by atoms with Crippen molar-refractivity contribution in [3.63, 3.8) is 0 Å². The number of nitrogens with zero attached hydrogens (tertiary/aromatic N) is 1. The van der Waals surface area contributed by atoms with Gasteiger partial charge >= 0.3 is 5.69 Å². The summed E-state index contributed by atoms with van der Waals surface area (Å²) in [4.78, 5) is 11.1.